The molecule has 1 aromatic carbocycles. The van der Waals surface area contributed by atoms with Gasteiger partial charge in [-0.2, -0.15) is 13.2 Å². The molecule has 3 atom stereocenters. The molecule has 0 unspecified atom stereocenters. The normalized spacial score (nSPS) is 18.8. The van der Waals surface area contributed by atoms with Crippen LogP contribution in [0.3, 0.4) is 0 Å². The number of nitrogens with one attached hydrogen (secondary N) is 1. The summed E-state index contributed by atoms with van der Waals surface area (Å²) in [5.41, 5.74) is -1.19. The van der Waals surface area contributed by atoms with E-state index in [4.69, 9.17) is 4.74 Å². The minimum atomic E-state index is -4.73. The first-order valence-electron chi connectivity index (χ1n) is 11.4. The van der Waals surface area contributed by atoms with Crippen molar-refractivity contribution in [3.8, 4) is 0 Å². The van der Waals surface area contributed by atoms with Crippen molar-refractivity contribution in [1.29, 1.82) is 0 Å². The van der Waals surface area contributed by atoms with Crippen molar-refractivity contribution in [3.05, 3.63) is 46.8 Å². The molecule has 37 heavy (non-hydrogen) atoms. The zero-order valence-electron chi connectivity index (χ0n) is 20.8. The smallest absolute Gasteiger partial charge is 0.444 e. The fourth-order valence-electron chi connectivity index (χ4n) is 4.16. The molecule has 1 N–H and O–H groups in total. The minimum absolute atomic E-state index is 0.0669. The summed E-state index contributed by atoms with van der Waals surface area (Å²) < 4.78 is 87.6. The first kappa shape index (κ1) is 28.3. The van der Waals surface area contributed by atoms with Crippen molar-refractivity contribution in [2.45, 2.75) is 77.4 Å². The lowest BCUT2D eigenvalue weighted by molar-refractivity contribution is -0.149. The van der Waals surface area contributed by atoms with Gasteiger partial charge in [-0.05, 0) is 52.7 Å². The van der Waals surface area contributed by atoms with Crippen LogP contribution in [0.15, 0.2) is 12.1 Å². The zero-order chi connectivity index (χ0) is 27.9. The van der Waals surface area contributed by atoms with Gasteiger partial charge in [0.25, 0.3) is 0 Å². The number of aromatic nitrogens is 3. The largest absolute Gasteiger partial charge is 0.451 e. The molecule has 1 aliphatic heterocycles. The standard InChI is InChI=1S/C23H27F6N5O3/c1-11-10-33(12(2)19-31-32-20(34(11)19)23(27,28)29)18(35)8-14(30-21(36)37-22(3,4)5)6-13-7-16(25)17(26)9-15(13)24/h7,9,11-12,14H,6,8,10H2,1-5H3,(H,30,36)/t11-,12+,14-/m1/s1. The summed E-state index contributed by atoms with van der Waals surface area (Å²) in [6, 6.07) is -1.84. The van der Waals surface area contributed by atoms with Crippen LogP contribution in [0.1, 0.15) is 70.3 Å². The number of fused-ring (bicyclic) bond motifs is 1. The maximum absolute atomic E-state index is 14.3. The second-order valence-corrected chi connectivity index (χ2v) is 9.93. The van der Waals surface area contributed by atoms with Crippen LogP contribution >= 0.6 is 0 Å². The third-order valence-corrected chi connectivity index (χ3v) is 5.74. The number of hydrogen-bond donors (Lipinski definition) is 1. The quantitative estimate of drug-likeness (QED) is 0.443. The molecule has 204 valence electrons. The summed E-state index contributed by atoms with van der Waals surface area (Å²) >= 11 is 0. The number of carbonyl (C=O) groups excluding carboxylic acids is 2. The topological polar surface area (TPSA) is 89.3 Å². The second-order valence-electron chi connectivity index (χ2n) is 9.93. The third-order valence-electron chi connectivity index (χ3n) is 5.74. The molecule has 0 saturated heterocycles. The highest BCUT2D eigenvalue weighted by Crippen LogP contribution is 2.36. The molecule has 0 bridgehead atoms. The maximum Gasteiger partial charge on any atom is 0.451 e. The lowest BCUT2D eigenvalue weighted by atomic mass is 10.0. The first-order valence-corrected chi connectivity index (χ1v) is 11.4. The molecule has 0 aliphatic carbocycles. The molecule has 2 aromatic rings. The van der Waals surface area contributed by atoms with Crippen molar-refractivity contribution in [3.63, 3.8) is 0 Å². The van der Waals surface area contributed by atoms with Crippen molar-refractivity contribution < 1.29 is 40.7 Å². The van der Waals surface area contributed by atoms with Gasteiger partial charge in [-0.25, -0.2) is 18.0 Å². The lowest BCUT2D eigenvalue weighted by Crippen LogP contribution is -2.47. The summed E-state index contributed by atoms with van der Waals surface area (Å²) in [6.07, 6.45) is -6.49. The van der Waals surface area contributed by atoms with Crippen LogP contribution in [-0.4, -0.2) is 49.9 Å². The van der Waals surface area contributed by atoms with E-state index < -0.39 is 71.6 Å². The average molecular weight is 535 g/mol. The molecule has 3 rings (SSSR count). The van der Waals surface area contributed by atoms with E-state index in [2.05, 4.69) is 15.5 Å². The molecule has 1 aliphatic rings. The number of ether oxygens (including phenoxy) is 1. The van der Waals surface area contributed by atoms with Gasteiger partial charge in [-0.15, -0.1) is 10.2 Å². The van der Waals surface area contributed by atoms with E-state index in [9.17, 15) is 35.9 Å². The molecule has 8 nitrogen and oxygen atoms in total. The maximum atomic E-state index is 14.3. The Hall–Kier alpha value is -3.32. The molecular weight excluding hydrogens is 508 g/mol. The van der Waals surface area contributed by atoms with Gasteiger partial charge in [0.1, 0.15) is 11.4 Å². The highest BCUT2D eigenvalue weighted by Gasteiger charge is 2.44. The summed E-state index contributed by atoms with van der Waals surface area (Å²) in [4.78, 5) is 26.9. The number of amides is 2. The van der Waals surface area contributed by atoms with E-state index in [-0.39, 0.29) is 24.4 Å². The molecule has 1 aromatic heterocycles. The first-order chi connectivity index (χ1) is 17.0. The fourth-order valence-corrected chi connectivity index (χ4v) is 4.16. The van der Waals surface area contributed by atoms with Gasteiger partial charge in [0.05, 0.1) is 12.1 Å². The summed E-state index contributed by atoms with van der Waals surface area (Å²) in [6.45, 7) is 7.64. The van der Waals surface area contributed by atoms with Crippen LogP contribution in [0, 0.1) is 17.5 Å². The number of nitrogens with zero attached hydrogens (tertiary/aromatic N) is 4. The molecule has 2 amide bonds. The predicted molar refractivity (Wildman–Crippen MR) is 118 cm³/mol. The van der Waals surface area contributed by atoms with Crippen LogP contribution in [0.5, 0.6) is 0 Å². The zero-order valence-corrected chi connectivity index (χ0v) is 20.8. The Morgan fingerprint density at radius 2 is 1.70 bits per heavy atom. The van der Waals surface area contributed by atoms with E-state index in [0.29, 0.717) is 12.1 Å². The summed E-state index contributed by atoms with van der Waals surface area (Å²) in [5.74, 6) is -5.61. The Bertz CT molecular complexity index is 1180. The van der Waals surface area contributed by atoms with Crippen molar-refractivity contribution >= 4 is 12.0 Å². The average Bonchev–Trinajstić information content (AvgIpc) is 3.20. The minimum Gasteiger partial charge on any atom is -0.444 e. The van der Waals surface area contributed by atoms with Crippen molar-refractivity contribution in [2.75, 3.05) is 6.54 Å². The van der Waals surface area contributed by atoms with Crippen molar-refractivity contribution in [2.24, 2.45) is 0 Å². The molecule has 0 spiro atoms. The molecular formula is C23H27F6N5O3. The van der Waals surface area contributed by atoms with Crippen LogP contribution < -0.4 is 5.32 Å². The summed E-state index contributed by atoms with van der Waals surface area (Å²) in [5, 5.41) is 9.33. The molecule has 0 saturated carbocycles. The van der Waals surface area contributed by atoms with Gasteiger partial charge in [0, 0.05) is 25.1 Å². The molecule has 0 radical (unpaired) electrons. The SMILES string of the molecule is C[C@@H]1CN(C(=O)C[C@@H](Cc2cc(F)c(F)cc2F)NC(=O)OC(C)(C)C)[C@@H](C)c2nnc(C(F)(F)F)n21. The number of carbonyl (C=O) groups is 2. The Kier molecular flexibility index (Phi) is 7.80. The third kappa shape index (κ3) is 6.52. The highest BCUT2D eigenvalue weighted by atomic mass is 19.4. The van der Waals surface area contributed by atoms with E-state index in [1.165, 1.54) is 18.7 Å². The van der Waals surface area contributed by atoms with Crippen LogP contribution in [-0.2, 0) is 22.1 Å². The number of rotatable bonds is 5. The van der Waals surface area contributed by atoms with Gasteiger partial charge >= 0.3 is 12.3 Å². The Morgan fingerprint density at radius 1 is 1.08 bits per heavy atom. The number of benzene rings is 1. The van der Waals surface area contributed by atoms with Crippen LogP contribution in [0.4, 0.5) is 31.1 Å². The highest BCUT2D eigenvalue weighted by molar-refractivity contribution is 5.78. The van der Waals surface area contributed by atoms with E-state index in [1.54, 1.807) is 20.8 Å². The van der Waals surface area contributed by atoms with E-state index >= 15 is 0 Å². The molecule has 14 heteroatoms. The van der Waals surface area contributed by atoms with Gasteiger partial charge < -0.3 is 19.5 Å². The number of alkyl carbamates (subject to hydrolysis) is 1. The van der Waals surface area contributed by atoms with Crippen molar-refractivity contribution in [1.82, 2.24) is 25.0 Å². The van der Waals surface area contributed by atoms with Gasteiger partial charge in [0.15, 0.2) is 17.5 Å². The lowest BCUT2D eigenvalue weighted by Gasteiger charge is -2.38. The number of halogens is 6. The van der Waals surface area contributed by atoms with Crippen LogP contribution in [0.2, 0.25) is 0 Å². The fraction of sp³-hybridized carbons (Fsp3) is 0.565. The second kappa shape index (κ2) is 10.2. The molecule has 0 fully saturated rings. The van der Waals surface area contributed by atoms with Gasteiger partial charge in [-0.1, -0.05) is 0 Å². The monoisotopic (exact) mass is 535 g/mol. The van der Waals surface area contributed by atoms with Crippen LogP contribution in [0.25, 0.3) is 0 Å². The Labute approximate surface area is 209 Å². The van der Waals surface area contributed by atoms with Gasteiger partial charge in [0.2, 0.25) is 11.7 Å². The van der Waals surface area contributed by atoms with Gasteiger partial charge in [-0.3, -0.25) is 4.79 Å². The Morgan fingerprint density at radius 3 is 2.30 bits per heavy atom. The summed E-state index contributed by atoms with van der Waals surface area (Å²) in [7, 11) is 0. The van der Waals surface area contributed by atoms with E-state index in [0.717, 1.165) is 4.57 Å². The molecule has 2 heterocycles. The Balaban J connectivity index is 1.85. The number of alkyl halides is 3. The predicted octanol–water partition coefficient (Wildman–Crippen LogP) is 4.70. The number of hydrogen-bond acceptors (Lipinski definition) is 5. The van der Waals surface area contributed by atoms with E-state index in [1.807, 2.05) is 0 Å².